The van der Waals surface area contributed by atoms with E-state index in [4.69, 9.17) is 4.74 Å². The summed E-state index contributed by atoms with van der Waals surface area (Å²) in [6.45, 7) is 4.91. The zero-order chi connectivity index (χ0) is 19.2. The standard InChI is InChI=1S/C21H23N3O3/c1-3-5-14-24-21(26)16-11-7-6-10-15(16)19(23-24)20(25)22-17-12-8-9-13-18(17)27-4-2/h6-13H,3-5,14H2,1-2H3,(H,22,25). The number of amides is 1. The number of nitrogens with zero attached hydrogens (tertiary/aromatic N) is 2. The lowest BCUT2D eigenvalue weighted by molar-refractivity contribution is 0.102. The largest absolute Gasteiger partial charge is 0.492 e. The van der Waals surface area contributed by atoms with Crippen molar-refractivity contribution in [3.8, 4) is 5.75 Å². The van der Waals surface area contributed by atoms with Gasteiger partial charge in [-0.15, -0.1) is 0 Å². The lowest BCUT2D eigenvalue weighted by Gasteiger charge is -2.13. The van der Waals surface area contributed by atoms with Crippen LogP contribution in [-0.2, 0) is 6.54 Å². The molecule has 0 atom stereocenters. The van der Waals surface area contributed by atoms with E-state index in [-0.39, 0.29) is 17.2 Å². The van der Waals surface area contributed by atoms with Crippen LogP contribution >= 0.6 is 0 Å². The molecule has 140 valence electrons. The molecular weight excluding hydrogens is 342 g/mol. The van der Waals surface area contributed by atoms with Crippen molar-refractivity contribution in [3.05, 3.63) is 64.6 Å². The van der Waals surface area contributed by atoms with Gasteiger partial charge < -0.3 is 10.1 Å². The molecule has 0 saturated carbocycles. The SMILES string of the molecule is CCCCn1nc(C(=O)Nc2ccccc2OCC)c2ccccc2c1=O. The first-order valence-corrected chi connectivity index (χ1v) is 9.18. The summed E-state index contributed by atoms with van der Waals surface area (Å²) < 4.78 is 6.95. The zero-order valence-electron chi connectivity index (χ0n) is 15.6. The number of para-hydroxylation sites is 2. The predicted molar refractivity (Wildman–Crippen MR) is 106 cm³/mol. The van der Waals surface area contributed by atoms with Crippen molar-refractivity contribution in [2.24, 2.45) is 0 Å². The van der Waals surface area contributed by atoms with Crippen molar-refractivity contribution in [2.75, 3.05) is 11.9 Å². The first-order chi connectivity index (χ1) is 13.2. The summed E-state index contributed by atoms with van der Waals surface area (Å²) in [4.78, 5) is 25.6. The van der Waals surface area contributed by atoms with E-state index in [9.17, 15) is 9.59 Å². The van der Waals surface area contributed by atoms with Crippen LogP contribution in [0.15, 0.2) is 53.3 Å². The van der Waals surface area contributed by atoms with Gasteiger partial charge in [0, 0.05) is 11.9 Å². The minimum atomic E-state index is -0.372. The molecule has 1 aromatic heterocycles. The van der Waals surface area contributed by atoms with E-state index in [2.05, 4.69) is 10.4 Å². The summed E-state index contributed by atoms with van der Waals surface area (Å²) in [5.74, 6) is 0.223. The molecule has 0 saturated heterocycles. The van der Waals surface area contributed by atoms with E-state index in [1.165, 1.54) is 4.68 Å². The summed E-state index contributed by atoms with van der Waals surface area (Å²) in [7, 11) is 0. The maximum absolute atomic E-state index is 13.0. The number of ether oxygens (including phenoxy) is 1. The predicted octanol–water partition coefficient (Wildman–Crippen LogP) is 3.85. The third-order valence-corrected chi connectivity index (χ3v) is 4.24. The van der Waals surface area contributed by atoms with Gasteiger partial charge in [0.05, 0.1) is 17.7 Å². The van der Waals surface area contributed by atoms with Crippen molar-refractivity contribution in [1.29, 1.82) is 0 Å². The van der Waals surface area contributed by atoms with Crippen LogP contribution in [0.4, 0.5) is 5.69 Å². The molecule has 1 N–H and O–H groups in total. The minimum Gasteiger partial charge on any atom is -0.492 e. The summed E-state index contributed by atoms with van der Waals surface area (Å²) >= 11 is 0. The van der Waals surface area contributed by atoms with Crippen molar-refractivity contribution in [1.82, 2.24) is 9.78 Å². The summed E-state index contributed by atoms with van der Waals surface area (Å²) in [5, 5.41) is 8.26. The van der Waals surface area contributed by atoms with Crippen LogP contribution in [0, 0.1) is 0 Å². The van der Waals surface area contributed by atoms with Gasteiger partial charge in [-0.1, -0.05) is 43.7 Å². The van der Waals surface area contributed by atoms with Crippen LogP contribution < -0.4 is 15.6 Å². The van der Waals surface area contributed by atoms with Crippen molar-refractivity contribution < 1.29 is 9.53 Å². The zero-order valence-corrected chi connectivity index (χ0v) is 15.6. The molecule has 1 heterocycles. The number of fused-ring (bicyclic) bond motifs is 1. The topological polar surface area (TPSA) is 73.2 Å². The molecule has 27 heavy (non-hydrogen) atoms. The maximum atomic E-state index is 13.0. The summed E-state index contributed by atoms with van der Waals surface area (Å²) in [6, 6.07) is 14.3. The van der Waals surface area contributed by atoms with E-state index >= 15 is 0 Å². The highest BCUT2D eigenvalue weighted by molar-refractivity contribution is 6.11. The third kappa shape index (κ3) is 4.00. The second-order valence-corrected chi connectivity index (χ2v) is 6.16. The summed E-state index contributed by atoms with van der Waals surface area (Å²) in [5.41, 5.74) is 0.625. The Morgan fingerprint density at radius 2 is 1.78 bits per heavy atom. The third-order valence-electron chi connectivity index (χ3n) is 4.24. The fourth-order valence-corrected chi connectivity index (χ4v) is 2.90. The number of nitrogens with one attached hydrogen (secondary N) is 1. The van der Waals surface area contributed by atoms with Crippen LogP contribution in [0.25, 0.3) is 10.8 Å². The fraction of sp³-hybridized carbons (Fsp3) is 0.286. The molecule has 3 aromatic rings. The average Bonchev–Trinajstić information content (AvgIpc) is 2.69. The monoisotopic (exact) mass is 365 g/mol. The Morgan fingerprint density at radius 1 is 1.07 bits per heavy atom. The Kier molecular flexibility index (Phi) is 5.86. The Labute approximate surface area is 157 Å². The molecule has 0 spiro atoms. The van der Waals surface area contributed by atoms with E-state index < -0.39 is 0 Å². The van der Waals surface area contributed by atoms with E-state index in [0.29, 0.717) is 35.4 Å². The van der Waals surface area contributed by atoms with Gasteiger partial charge in [-0.2, -0.15) is 5.10 Å². The molecule has 3 rings (SSSR count). The van der Waals surface area contributed by atoms with Crippen LogP contribution in [-0.4, -0.2) is 22.3 Å². The summed E-state index contributed by atoms with van der Waals surface area (Å²) in [6.07, 6.45) is 1.75. The number of hydrogen-bond donors (Lipinski definition) is 1. The normalized spacial score (nSPS) is 10.7. The van der Waals surface area contributed by atoms with Gasteiger partial charge in [0.2, 0.25) is 0 Å². The maximum Gasteiger partial charge on any atom is 0.276 e. The second-order valence-electron chi connectivity index (χ2n) is 6.16. The molecule has 6 nitrogen and oxygen atoms in total. The molecule has 0 radical (unpaired) electrons. The van der Waals surface area contributed by atoms with Crippen LogP contribution in [0.3, 0.4) is 0 Å². The number of rotatable bonds is 7. The Morgan fingerprint density at radius 3 is 2.52 bits per heavy atom. The van der Waals surface area contributed by atoms with Crippen LogP contribution in [0.2, 0.25) is 0 Å². The lowest BCUT2D eigenvalue weighted by atomic mass is 10.1. The van der Waals surface area contributed by atoms with Crippen molar-refractivity contribution in [3.63, 3.8) is 0 Å². The first kappa shape index (κ1) is 18.6. The number of unbranched alkanes of at least 4 members (excludes halogenated alkanes) is 1. The van der Waals surface area contributed by atoms with Gasteiger partial charge in [-0.3, -0.25) is 9.59 Å². The molecule has 6 heteroatoms. The lowest BCUT2D eigenvalue weighted by Crippen LogP contribution is -2.27. The van der Waals surface area contributed by atoms with E-state index in [1.54, 1.807) is 36.4 Å². The molecule has 1 amide bonds. The first-order valence-electron chi connectivity index (χ1n) is 9.18. The Balaban J connectivity index is 2.04. The van der Waals surface area contributed by atoms with Gasteiger partial charge in [0.15, 0.2) is 5.69 Å². The molecule has 2 aromatic carbocycles. The number of anilines is 1. The van der Waals surface area contributed by atoms with Gasteiger partial charge in [-0.05, 0) is 31.5 Å². The Hall–Kier alpha value is -3.15. The highest BCUT2D eigenvalue weighted by atomic mass is 16.5. The molecule has 0 aliphatic carbocycles. The highest BCUT2D eigenvalue weighted by Gasteiger charge is 2.18. The van der Waals surface area contributed by atoms with Gasteiger partial charge in [-0.25, -0.2) is 4.68 Å². The quantitative estimate of drug-likeness (QED) is 0.690. The number of benzene rings is 2. The van der Waals surface area contributed by atoms with Gasteiger partial charge in [0.1, 0.15) is 5.75 Å². The number of carbonyl (C=O) groups is 1. The number of aryl methyl sites for hydroxylation is 1. The van der Waals surface area contributed by atoms with E-state index in [1.807, 2.05) is 26.0 Å². The fourth-order valence-electron chi connectivity index (χ4n) is 2.90. The number of hydrogen-bond acceptors (Lipinski definition) is 4. The van der Waals surface area contributed by atoms with Crippen LogP contribution in [0.1, 0.15) is 37.2 Å². The van der Waals surface area contributed by atoms with Crippen molar-refractivity contribution >= 4 is 22.4 Å². The molecule has 0 aliphatic heterocycles. The Bertz CT molecular complexity index is 1010. The smallest absolute Gasteiger partial charge is 0.276 e. The van der Waals surface area contributed by atoms with Crippen LogP contribution in [0.5, 0.6) is 5.75 Å². The number of aromatic nitrogens is 2. The average molecular weight is 365 g/mol. The molecule has 0 bridgehead atoms. The molecule has 0 aliphatic rings. The molecular formula is C21H23N3O3. The van der Waals surface area contributed by atoms with Gasteiger partial charge >= 0.3 is 0 Å². The highest BCUT2D eigenvalue weighted by Crippen LogP contribution is 2.25. The minimum absolute atomic E-state index is 0.176. The molecule has 0 fully saturated rings. The molecule has 0 unspecified atom stereocenters. The number of carbonyl (C=O) groups excluding carboxylic acids is 1. The second kappa shape index (κ2) is 8.49. The van der Waals surface area contributed by atoms with Crippen molar-refractivity contribution in [2.45, 2.75) is 33.2 Å². The van der Waals surface area contributed by atoms with Gasteiger partial charge in [0.25, 0.3) is 11.5 Å². The van der Waals surface area contributed by atoms with E-state index in [0.717, 1.165) is 12.8 Å².